The van der Waals surface area contributed by atoms with Crippen LogP contribution in [-0.4, -0.2) is 24.7 Å². The molecule has 0 bridgehead atoms. The van der Waals surface area contributed by atoms with E-state index in [0.29, 0.717) is 18.4 Å². The average molecular weight is 462 g/mol. The van der Waals surface area contributed by atoms with Gasteiger partial charge in [-0.2, -0.15) is 0 Å². The van der Waals surface area contributed by atoms with E-state index >= 15 is 0 Å². The first-order chi connectivity index (χ1) is 13.6. The Morgan fingerprint density at radius 2 is 1.97 bits per heavy atom. The summed E-state index contributed by atoms with van der Waals surface area (Å²) in [5.41, 5.74) is 2.96. The molecule has 1 aromatic carbocycles. The molecule has 5 heteroatoms. The first-order valence-electron chi connectivity index (χ1n) is 11.0. The van der Waals surface area contributed by atoms with E-state index < -0.39 is 0 Å². The summed E-state index contributed by atoms with van der Waals surface area (Å²) in [5.74, 6) is 2.01. The maximum atomic E-state index is 12.4. The Morgan fingerprint density at radius 1 is 1.21 bits per heavy atom. The minimum Gasteiger partial charge on any atom is -0.486 e. The number of carbonyl (C=O) groups excluding carboxylic acids is 1. The lowest BCUT2D eigenvalue weighted by Crippen LogP contribution is -2.70. The summed E-state index contributed by atoms with van der Waals surface area (Å²) in [7, 11) is 1.84. The molecule has 158 valence electrons. The lowest BCUT2D eigenvalue weighted by atomic mass is 9.44. The molecule has 2 aliphatic carbocycles. The Labute approximate surface area is 182 Å². The SMILES string of the molecule is COC1CC(C)(C)C2CCC(C)C3(C)Cc4c(Br)cc5c(c4OC23C1)CNC5=O. The van der Waals surface area contributed by atoms with Crippen molar-refractivity contribution < 1.29 is 14.3 Å². The van der Waals surface area contributed by atoms with Crippen LogP contribution < -0.4 is 10.1 Å². The largest absolute Gasteiger partial charge is 0.486 e. The van der Waals surface area contributed by atoms with Crippen LogP contribution in [0.25, 0.3) is 0 Å². The molecule has 5 rings (SSSR count). The van der Waals surface area contributed by atoms with Crippen molar-refractivity contribution in [2.75, 3.05) is 7.11 Å². The molecule has 1 N–H and O–H groups in total. The number of hydrogen-bond donors (Lipinski definition) is 1. The van der Waals surface area contributed by atoms with Crippen LogP contribution in [0.1, 0.15) is 74.9 Å². The lowest BCUT2D eigenvalue weighted by Gasteiger charge is -2.67. The third-order valence-corrected chi connectivity index (χ3v) is 9.71. The van der Waals surface area contributed by atoms with Gasteiger partial charge in [-0.3, -0.25) is 4.79 Å². The molecule has 2 fully saturated rings. The smallest absolute Gasteiger partial charge is 0.252 e. The topological polar surface area (TPSA) is 47.6 Å². The van der Waals surface area contributed by atoms with Gasteiger partial charge in [-0.05, 0) is 43.1 Å². The predicted molar refractivity (Wildman–Crippen MR) is 116 cm³/mol. The highest BCUT2D eigenvalue weighted by Gasteiger charge is 2.67. The Morgan fingerprint density at radius 3 is 2.69 bits per heavy atom. The molecule has 0 saturated heterocycles. The molecule has 5 atom stereocenters. The molecule has 4 aliphatic rings. The van der Waals surface area contributed by atoms with E-state index in [4.69, 9.17) is 9.47 Å². The lowest BCUT2D eigenvalue weighted by molar-refractivity contribution is -0.233. The Hall–Kier alpha value is -1.07. The van der Waals surface area contributed by atoms with Crippen molar-refractivity contribution in [3.05, 3.63) is 27.2 Å². The van der Waals surface area contributed by atoms with Gasteiger partial charge >= 0.3 is 0 Å². The first-order valence-corrected chi connectivity index (χ1v) is 11.8. The van der Waals surface area contributed by atoms with E-state index in [-0.39, 0.29) is 28.4 Å². The van der Waals surface area contributed by atoms with Gasteiger partial charge in [-0.1, -0.05) is 43.6 Å². The number of carbonyl (C=O) groups is 1. The number of ether oxygens (including phenoxy) is 2. The van der Waals surface area contributed by atoms with Crippen molar-refractivity contribution in [2.45, 2.75) is 78.0 Å². The zero-order chi connectivity index (χ0) is 20.8. The Bertz CT molecular complexity index is 897. The van der Waals surface area contributed by atoms with Gasteiger partial charge in [0, 0.05) is 52.6 Å². The van der Waals surface area contributed by atoms with Gasteiger partial charge in [-0.25, -0.2) is 0 Å². The summed E-state index contributed by atoms with van der Waals surface area (Å²) >= 11 is 3.77. The molecule has 4 nitrogen and oxygen atoms in total. The van der Waals surface area contributed by atoms with Gasteiger partial charge in [0.15, 0.2) is 0 Å². The zero-order valence-electron chi connectivity index (χ0n) is 18.2. The molecular formula is C24H32BrNO3. The minimum absolute atomic E-state index is 0.00485. The summed E-state index contributed by atoms with van der Waals surface area (Å²) < 4.78 is 14.2. The fraction of sp³-hybridized carbons (Fsp3) is 0.708. The molecule has 0 radical (unpaired) electrons. The number of methoxy groups -OCH3 is 1. The van der Waals surface area contributed by atoms with Crippen LogP contribution in [0.15, 0.2) is 10.5 Å². The van der Waals surface area contributed by atoms with Crippen molar-refractivity contribution in [1.82, 2.24) is 5.32 Å². The van der Waals surface area contributed by atoms with Gasteiger partial charge in [0.2, 0.25) is 0 Å². The van der Waals surface area contributed by atoms with Crippen molar-refractivity contribution in [3.8, 4) is 5.75 Å². The van der Waals surface area contributed by atoms with Gasteiger partial charge in [0.25, 0.3) is 5.91 Å². The second-order valence-electron chi connectivity index (χ2n) is 10.7. The second kappa shape index (κ2) is 6.23. The number of benzene rings is 1. The highest BCUT2D eigenvalue weighted by atomic mass is 79.9. The van der Waals surface area contributed by atoms with Gasteiger partial charge < -0.3 is 14.8 Å². The number of amides is 1. The molecule has 1 amide bonds. The van der Waals surface area contributed by atoms with Crippen LogP contribution in [0.5, 0.6) is 5.75 Å². The van der Waals surface area contributed by atoms with Crippen LogP contribution in [0.2, 0.25) is 0 Å². The molecule has 29 heavy (non-hydrogen) atoms. The number of halogens is 1. The summed E-state index contributed by atoms with van der Waals surface area (Å²) in [6.45, 7) is 10.2. The number of rotatable bonds is 1. The molecule has 2 saturated carbocycles. The van der Waals surface area contributed by atoms with E-state index in [1.54, 1.807) is 0 Å². The molecule has 0 aromatic heterocycles. The normalized spacial score (nSPS) is 39.5. The van der Waals surface area contributed by atoms with Crippen molar-refractivity contribution in [1.29, 1.82) is 0 Å². The number of nitrogens with one attached hydrogen (secondary N) is 1. The summed E-state index contributed by atoms with van der Waals surface area (Å²) in [6, 6.07) is 1.99. The highest BCUT2D eigenvalue weighted by Crippen LogP contribution is 2.66. The molecule has 5 unspecified atom stereocenters. The number of hydrogen-bond acceptors (Lipinski definition) is 3. The monoisotopic (exact) mass is 461 g/mol. The third kappa shape index (κ3) is 2.49. The van der Waals surface area contributed by atoms with Crippen LogP contribution >= 0.6 is 15.9 Å². The van der Waals surface area contributed by atoms with Crippen LogP contribution in [0.3, 0.4) is 0 Å². The van der Waals surface area contributed by atoms with Crippen molar-refractivity contribution >= 4 is 21.8 Å². The standard InChI is InChI=1S/C24H32BrNO3/c1-13-6-7-19-22(2,3)9-14(28-5)10-24(19)23(13,4)11-16-18(25)8-15-17(20(16)29-24)12-26-21(15)27/h8,13-14,19H,6-7,9-12H2,1-5H3,(H,26,27). The van der Waals surface area contributed by atoms with Crippen LogP contribution in [-0.2, 0) is 17.7 Å². The highest BCUT2D eigenvalue weighted by molar-refractivity contribution is 9.10. The maximum absolute atomic E-state index is 12.4. The van der Waals surface area contributed by atoms with Gasteiger partial charge in [-0.15, -0.1) is 0 Å². The fourth-order valence-electron chi connectivity index (χ4n) is 7.23. The van der Waals surface area contributed by atoms with Gasteiger partial charge in [0.05, 0.1) is 6.10 Å². The molecule has 1 spiro atoms. The van der Waals surface area contributed by atoms with Crippen molar-refractivity contribution in [3.63, 3.8) is 0 Å². The average Bonchev–Trinajstić information content (AvgIpc) is 3.02. The minimum atomic E-state index is -0.264. The van der Waals surface area contributed by atoms with Crippen LogP contribution in [0, 0.1) is 22.7 Å². The third-order valence-electron chi connectivity index (χ3n) is 9.00. The van der Waals surface area contributed by atoms with Crippen LogP contribution in [0.4, 0.5) is 0 Å². The summed E-state index contributed by atoms with van der Waals surface area (Å²) in [5, 5.41) is 2.99. The maximum Gasteiger partial charge on any atom is 0.252 e. The van der Waals surface area contributed by atoms with E-state index in [1.807, 2.05) is 13.2 Å². The fourth-order valence-corrected chi connectivity index (χ4v) is 7.78. The van der Waals surface area contributed by atoms with Crippen molar-refractivity contribution in [2.24, 2.45) is 22.7 Å². The Balaban J connectivity index is 1.74. The van der Waals surface area contributed by atoms with E-state index in [1.165, 1.54) is 18.4 Å². The number of fused-ring (bicyclic) bond motifs is 3. The predicted octanol–water partition coefficient (Wildman–Crippen LogP) is 5.25. The van der Waals surface area contributed by atoms with E-state index in [9.17, 15) is 4.79 Å². The summed E-state index contributed by atoms with van der Waals surface area (Å²) in [4.78, 5) is 12.4. The van der Waals surface area contributed by atoms with E-state index in [2.05, 4.69) is 48.9 Å². The summed E-state index contributed by atoms with van der Waals surface area (Å²) in [6.07, 6.45) is 5.63. The second-order valence-corrected chi connectivity index (χ2v) is 11.6. The Kier molecular flexibility index (Phi) is 4.27. The molecule has 2 aliphatic heterocycles. The van der Waals surface area contributed by atoms with Gasteiger partial charge in [0.1, 0.15) is 11.4 Å². The molecule has 2 heterocycles. The molecule has 1 aromatic rings. The quantitative estimate of drug-likeness (QED) is 0.620. The first kappa shape index (κ1) is 19.9. The molecular weight excluding hydrogens is 430 g/mol. The van der Waals surface area contributed by atoms with E-state index in [0.717, 1.165) is 40.6 Å². The zero-order valence-corrected chi connectivity index (χ0v) is 19.7.